The van der Waals surface area contributed by atoms with E-state index in [0.717, 1.165) is 5.57 Å². The number of nitrogens with zero attached hydrogens (tertiary/aromatic N) is 1. The molecule has 1 aliphatic heterocycles. The zero-order chi connectivity index (χ0) is 12.4. The van der Waals surface area contributed by atoms with E-state index in [2.05, 4.69) is 0 Å². The van der Waals surface area contributed by atoms with Gasteiger partial charge in [0.15, 0.2) is 0 Å². The summed E-state index contributed by atoms with van der Waals surface area (Å²) in [5.41, 5.74) is 1.71. The SMILES string of the molecule is CC1=C(C=O)[C@@H](c2ccccc2[N+](=O)[O-])OC1. The fraction of sp³-hybridized carbons (Fsp3) is 0.250. The van der Waals surface area contributed by atoms with Crippen LogP contribution < -0.4 is 0 Å². The van der Waals surface area contributed by atoms with Crippen molar-refractivity contribution in [3.8, 4) is 0 Å². The average Bonchev–Trinajstić information content (AvgIpc) is 2.70. The van der Waals surface area contributed by atoms with Gasteiger partial charge in [0.2, 0.25) is 0 Å². The Labute approximate surface area is 97.9 Å². The lowest BCUT2D eigenvalue weighted by Crippen LogP contribution is -2.05. The van der Waals surface area contributed by atoms with Crippen LogP contribution in [0.4, 0.5) is 5.69 Å². The van der Waals surface area contributed by atoms with Crippen LogP contribution in [-0.4, -0.2) is 17.8 Å². The number of aldehydes is 1. The Kier molecular flexibility index (Phi) is 3.01. The molecule has 1 aromatic rings. The third kappa shape index (κ3) is 1.97. The lowest BCUT2D eigenvalue weighted by atomic mass is 9.99. The number of carbonyl (C=O) groups is 1. The van der Waals surface area contributed by atoms with Crippen LogP contribution in [0.2, 0.25) is 0 Å². The number of rotatable bonds is 3. The molecule has 0 N–H and O–H groups in total. The molecule has 1 aliphatic rings. The number of nitro groups is 1. The molecule has 0 fully saturated rings. The summed E-state index contributed by atoms with van der Waals surface area (Å²) in [6.45, 7) is 2.13. The molecule has 0 aliphatic carbocycles. The van der Waals surface area contributed by atoms with Crippen LogP contribution >= 0.6 is 0 Å². The topological polar surface area (TPSA) is 69.4 Å². The van der Waals surface area contributed by atoms with Crippen LogP contribution in [0.3, 0.4) is 0 Å². The van der Waals surface area contributed by atoms with E-state index >= 15 is 0 Å². The molecule has 5 heteroatoms. The van der Waals surface area contributed by atoms with E-state index < -0.39 is 11.0 Å². The maximum atomic E-state index is 11.0. The Morgan fingerprint density at radius 1 is 1.47 bits per heavy atom. The van der Waals surface area contributed by atoms with E-state index in [1.165, 1.54) is 6.07 Å². The van der Waals surface area contributed by atoms with Gasteiger partial charge in [0.05, 0.1) is 17.1 Å². The lowest BCUT2D eigenvalue weighted by molar-refractivity contribution is -0.386. The van der Waals surface area contributed by atoms with Gasteiger partial charge in [-0.15, -0.1) is 0 Å². The van der Waals surface area contributed by atoms with E-state index in [-0.39, 0.29) is 5.69 Å². The number of hydrogen-bond acceptors (Lipinski definition) is 4. The summed E-state index contributed by atoms with van der Waals surface area (Å²) in [5, 5.41) is 10.9. The van der Waals surface area contributed by atoms with Gasteiger partial charge in [0, 0.05) is 11.6 Å². The fourth-order valence-electron chi connectivity index (χ4n) is 1.90. The maximum Gasteiger partial charge on any atom is 0.275 e. The van der Waals surface area contributed by atoms with Crippen molar-refractivity contribution in [2.24, 2.45) is 0 Å². The van der Waals surface area contributed by atoms with Gasteiger partial charge in [-0.05, 0) is 18.6 Å². The van der Waals surface area contributed by atoms with Crippen LogP contribution in [-0.2, 0) is 9.53 Å². The number of para-hydroxylation sites is 1. The summed E-state index contributed by atoms with van der Waals surface area (Å²) in [7, 11) is 0. The molecule has 88 valence electrons. The third-order valence-electron chi connectivity index (χ3n) is 2.78. The molecule has 1 aromatic carbocycles. The highest BCUT2D eigenvalue weighted by Gasteiger charge is 2.30. The number of ether oxygens (including phenoxy) is 1. The first kappa shape index (κ1) is 11.5. The summed E-state index contributed by atoms with van der Waals surface area (Å²) < 4.78 is 5.44. The maximum absolute atomic E-state index is 11.0. The molecule has 17 heavy (non-hydrogen) atoms. The largest absolute Gasteiger partial charge is 0.364 e. The first-order valence-electron chi connectivity index (χ1n) is 5.15. The van der Waals surface area contributed by atoms with Crippen molar-refractivity contribution in [1.29, 1.82) is 0 Å². The standard InChI is InChI=1S/C12H11NO4/c1-8-7-17-12(10(8)6-14)9-4-2-3-5-11(9)13(15)16/h2-6,12H,7H2,1H3/t12-/m1/s1. The summed E-state index contributed by atoms with van der Waals surface area (Å²) >= 11 is 0. The van der Waals surface area contributed by atoms with E-state index in [9.17, 15) is 14.9 Å². The molecule has 2 rings (SSSR count). The van der Waals surface area contributed by atoms with Crippen LogP contribution in [0, 0.1) is 10.1 Å². The van der Waals surface area contributed by atoms with Gasteiger partial charge >= 0.3 is 0 Å². The van der Waals surface area contributed by atoms with Gasteiger partial charge in [-0.3, -0.25) is 14.9 Å². The fourth-order valence-corrected chi connectivity index (χ4v) is 1.90. The zero-order valence-electron chi connectivity index (χ0n) is 9.25. The summed E-state index contributed by atoms with van der Waals surface area (Å²) in [6.07, 6.45) is 0.0955. The number of carbonyl (C=O) groups excluding carboxylic acids is 1. The number of nitro benzene ring substituents is 1. The third-order valence-corrected chi connectivity index (χ3v) is 2.78. The second-order valence-electron chi connectivity index (χ2n) is 3.86. The molecule has 0 amide bonds. The van der Waals surface area contributed by atoms with E-state index in [4.69, 9.17) is 4.74 Å². The Balaban J connectivity index is 2.49. The molecule has 5 nitrogen and oxygen atoms in total. The highest BCUT2D eigenvalue weighted by atomic mass is 16.6. The van der Waals surface area contributed by atoms with Gasteiger partial charge in [-0.25, -0.2) is 0 Å². The molecule has 0 unspecified atom stereocenters. The van der Waals surface area contributed by atoms with Gasteiger partial charge < -0.3 is 4.74 Å². The van der Waals surface area contributed by atoms with Crippen molar-refractivity contribution in [3.05, 3.63) is 51.1 Å². The average molecular weight is 233 g/mol. The van der Waals surface area contributed by atoms with Gasteiger partial charge in [0.25, 0.3) is 5.69 Å². The molecular weight excluding hydrogens is 222 g/mol. The van der Waals surface area contributed by atoms with E-state index in [0.29, 0.717) is 24.0 Å². The lowest BCUT2D eigenvalue weighted by Gasteiger charge is -2.11. The number of hydrogen-bond donors (Lipinski definition) is 0. The van der Waals surface area contributed by atoms with E-state index in [1.807, 2.05) is 0 Å². The van der Waals surface area contributed by atoms with Crippen LogP contribution in [0.15, 0.2) is 35.4 Å². The van der Waals surface area contributed by atoms with Crippen LogP contribution in [0.25, 0.3) is 0 Å². The van der Waals surface area contributed by atoms with Gasteiger partial charge in [0.1, 0.15) is 12.4 Å². The van der Waals surface area contributed by atoms with Crippen molar-refractivity contribution in [2.75, 3.05) is 6.61 Å². The second-order valence-corrected chi connectivity index (χ2v) is 3.86. The molecule has 0 saturated carbocycles. The quantitative estimate of drug-likeness (QED) is 0.456. The minimum atomic E-state index is -0.617. The number of benzene rings is 1. The van der Waals surface area contributed by atoms with Gasteiger partial charge in [-0.1, -0.05) is 12.1 Å². The van der Waals surface area contributed by atoms with Crippen molar-refractivity contribution < 1.29 is 14.5 Å². The molecule has 0 aromatic heterocycles. The zero-order valence-corrected chi connectivity index (χ0v) is 9.25. The van der Waals surface area contributed by atoms with Crippen LogP contribution in [0.5, 0.6) is 0 Å². The Bertz CT molecular complexity index is 507. The monoisotopic (exact) mass is 233 g/mol. The predicted octanol–water partition coefficient (Wildman–Crippen LogP) is 2.18. The Morgan fingerprint density at radius 3 is 2.82 bits per heavy atom. The smallest absolute Gasteiger partial charge is 0.275 e. The molecule has 0 bridgehead atoms. The minimum Gasteiger partial charge on any atom is -0.364 e. The normalized spacial score (nSPS) is 19.5. The molecule has 0 saturated heterocycles. The van der Waals surface area contributed by atoms with Crippen molar-refractivity contribution in [2.45, 2.75) is 13.0 Å². The minimum absolute atomic E-state index is 0.0217. The summed E-state index contributed by atoms with van der Waals surface area (Å²) in [4.78, 5) is 21.4. The molecule has 0 radical (unpaired) electrons. The highest BCUT2D eigenvalue weighted by molar-refractivity contribution is 5.78. The van der Waals surface area contributed by atoms with Gasteiger partial charge in [-0.2, -0.15) is 0 Å². The summed E-state index contributed by atoms with van der Waals surface area (Å²) in [5.74, 6) is 0. The van der Waals surface area contributed by atoms with Crippen molar-refractivity contribution >= 4 is 12.0 Å². The highest BCUT2D eigenvalue weighted by Crippen LogP contribution is 2.37. The molecule has 1 heterocycles. The first-order chi connectivity index (χ1) is 8.15. The van der Waals surface area contributed by atoms with E-state index in [1.54, 1.807) is 25.1 Å². The second kappa shape index (κ2) is 4.47. The van der Waals surface area contributed by atoms with Crippen molar-refractivity contribution in [1.82, 2.24) is 0 Å². The summed E-state index contributed by atoms with van der Waals surface area (Å²) in [6, 6.07) is 6.31. The Morgan fingerprint density at radius 2 is 2.18 bits per heavy atom. The molecular formula is C12H11NO4. The van der Waals surface area contributed by atoms with Crippen molar-refractivity contribution in [3.63, 3.8) is 0 Å². The molecule has 1 atom stereocenters. The first-order valence-corrected chi connectivity index (χ1v) is 5.15. The van der Waals surface area contributed by atoms with Crippen LogP contribution in [0.1, 0.15) is 18.6 Å². The Hall–Kier alpha value is -2.01. The predicted molar refractivity (Wildman–Crippen MR) is 60.6 cm³/mol. The molecule has 0 spiro atoms.